The highest BCUT2D eigenvalue weighted by molar-refractivity contribution is 5.91. The van der Waals surface area contributed by atoms with Crippen LogP contribution in [0.1, 0.15) is 19.4 Å². The number of benzene rings is 1. The maximum absolute atomic E-state index is 11.8. The molecule has 1 aromatic rings. The van der Waals surface area contributed by atoms with Gasteiger partial charge in [-0.15, -0.1) is 0 Å². The summed E-state index contributed by atoms with van der Waals surface area (Å²) in [5.41, 5.74) is 10.8. The highest BCUT2D eigenvalue weighted by Crippen LogP contribution is 2.05. The van der Waals surface area contributed by atoms with E-state index in [-0.39, 0.29) is 5.91 Å². The lowest BCUT2D eigenvalue weighted by molar-refractivity contribution is -0.131. The highest BCUT2D eigenvalue weighted by atomic mass is 16.2. The van der Waals surface area contributed by atoms with Gasteiger partial charge in [-0.3, -0.25) is 9.59 Å². The number of hydrogen-bond acceptors (Lipinski definition) is 3. The summed E-state index contributed by atoms with van der Waals surface area (Å²) in [5, 5.41) is 2.54. The van der Waals surface area contributed by atoms with Gasteiger partial charge in [0.15, 0.2) is 0 Å². The molecule has 1 atom stereocenters. The summed E-state index contributed by atoms with van der Waals surface area (Å²) in [5.74, 6) is -0.981. The topological polar surface area (TPSA) is 98.2 Å². The van der Waals surface area contributed by atoms with Crippen LogP contribution in [0.5, 0.6) is 0 Å². The monoisotopic (exact) mass is 249 g/mol. The minimum Gasteiger partial charge on any atom is -0.368 e. The van der Waals surface area contributed by atoms with Crippen LogP contribution in [0.15, 0.2) is 30.3 Å². The van der Waals surface area contributed by atoms with Crippen LogP contribution in [0.2, 0.25) is 0 Å². The van der Waals surface area contributed by atoms with Gasteiger partial charge in [0.05, 0.1) is 6.04 Å². The van der Waals surface area contributed by atoms with E-state index in [1.807, 2.05) is 30.3 Å². The van der Waals surface area contributed by atoms with E-state index in [9.17, 15) is 9.59 Å². The molecule has 5 N–H and O–H groups in total. The summed E-state index contributed by atoms with van der Waals surface area (Å²) in [6.45, 7) is 3.09. The van der Waals surface area contributed by atoms with Crippen molar-refractivity contribution in [3.8, 4) is 0 Å². The lowest BCUT2D eigenvalue weighted by Gasteiger charge is -2.24. The van der Waals surface area contributed by atoms with E-state index in [0.29, 0.717) is 6.42 Å². The predicted molar refractivity (Wildman–Crippen MR) is 69.5 cm³/mol. The Labute approximate surface area is 107 Å². The molecule has 0 aliphatic rings. The van der Waals surface area contributed by atoms with E-state index in [2.05, 4.69) is 5.32 Å². The van der Waals surface area contributed by atoms with Gasteiger partial charge in [0.1, 0.15) is 5.54 Å². The van der Waals surface area contributed by atoms with Crippen LogP contribution in [0.25, 0.3) is 0 Å². The van der Waals surface area contributed by atoms with Gasteiger partial charge in [-0.1, -0.05) is 30.3 Å². The quantitative estimate of drug-likeness (QED) is 0.681. The predicted octanol–water partition coefficient (Wildman–Crippen LogP) is -0.0635. The fraction of sp³-hybridized carbons (Fsp3) is 0.385. The van der Waals surface area contributed by atoms with Gasteiger partial charge in [0.2, 0.25) is 11.8 Å². The molecule has 1 rings (SSSR count). The summed E-state index contributed by atoms with van der Waals surface area (Å²) in [6, 6.07) is 8.75. The van der Waals surface area contributed by atoms with Crippen LogP contribution in [0, 0.1) is 0 Å². The van der Waals surface area contributed by atoms with Gasteiger partial charge >= 0.3 is 0 Å². The van der Waals surface area contributed by atoms with Crippen molar-refractivity contribution >= 4 is 11.8 Å². The van der Waals surface area contributed by atoms with Gasteiger partial charge in [-0.05, 0) is 25.8 Å². The molecular formula is C13H19N3O2. The van der Waals surface area contributed by atoms with E-state index in [1.165, 1.54) is 0 Å². The maximum atomic E-state index is 11.8. The molecule has 0 spiro atoms. The van der Waals surface area contributed by atoms with Crippen LogP contribution in [0.3, 0.4) is 0 Å². The molecule has 0 fully saturated rings. The lowest BCUT2D eigenvalue weighted by Crippen LogP contribution is -2.57. The Bertz CT molecular complexity index is 429. The first kappa shape index (κ1) is 14.2. The molecule has 0 unspecified atom stereocenters. The van der Waals surface area contributed by atoms with Gasteiger partial charge < -0.3 is 16.8 Å². The minimum atomic E-state index is -1.09. The number of nitrogens with two attached hydrogens (primary N) is 2. The molecule has 0 aromatic heterocycles. The Kier molecular flexibility index (Phi) is 4.44. The van der Waals surface area contributed by atoms with E-state index < -0.39 is 17.5 Å². The van der Waals surface area contributed by atoms with Crippen molar-refractivity contribution in [1.29, 1.82) is 0 Å². The summed E-state index contributed by atoms with van der Waals surface area (Å²) in [7, 11) is 0. The highest BCUT2D eigenvalue weighted by Gasteiger charge is 2.28. The Morgan fingerprint density at radius 2 is 1.83 bits per heavy atom. The zero-order valence-electron chi connectivity index (χ0n) is 10.6. The summed E-state index contributed by atoms with van der Waals surface area (Å²) >= 11 is 0. The minimum absolute atomic E-state index is 0.386. The van der Waals surface area contributed by atoms with Crippen molar-refractivity contribution in [3.63, 3.8) is 0 Å². The van der Waals surface area contributed by atoms with Crippen molar-refractivity contribution in [3.05, 3.63) is 35.9 Å². The lowest BCUT2D eigenvalue weighted by atomic mass is 10.0. The standard InChI is InChI=1S/C13H19N3O2/c1-13(2,12(15)18)16-11(17)10(14)8-9-6-4-3-5-7-9/h3-7,10H,8,14H2,1-2H3,(H2,15,18)(H,16,17)/t10-/m1/s1. The zero-order chi connectivity index (χ0) is 13.8. The summed E-state index contributed by atoms with van der Waals surface area (Å²) in [6.07, 6.45) is 0.418. The van der Waals surface area contributed by atoms with Crippen molar-refractivity contribution in [2.45, 2.75) is 31.8 Å². The van der Waals surface area contributed by atoms with Gasteiger partial charge in [0, 0.05) is 0 Å². The number of carbonyl (C=O) groups is 2. The largest absolute Gasteiger partial charge is 0.368 e. The first-order chi connectivity index (χ1) is 8.33. The third-order valence-corrected chi connectivity index (χ3v) is 2.69. The fourth-order valence-electron chi connectivity index (χ4n) is 1.42. The van der Waals surface area contributed by atoms with Crippen LogP contribution in [0.4, 0.5) is 0 Å². The van der Waals surface area contributed by atoms with E-state index in [4.69, 9.17) is 11.5 Å². The van der Waals surface area contributed by atoms with Crippen LogP contribution >= 0.6 is 0 Å². The van der Waals surface area contributed by atoms with Gasteiger partial charge in [-0.2, -0.15) is 0 Å². The Hall–Kier alpha value is -1.88. The molecule has 0 aliphatic heterocycles. The third kappa shape index (κ3) is 3.85. The first-order valence-electron chi connectivity index (χ1n) is 5.74. The number of primary amides is 1. The maximum Gasteiger partial charge on any atom is 0.242 e. The third-order valence-electron chi connectivity index (χ3n) is 2.69. The number of amides is 2. The molecule has 0 saturated carbocycles. The van der Waals surface area contributed by atoms with Gasteiger partial charge in [0.25, 0.3) is 0 Å². The fourth-order valence-corrected chi connectivity index (χ4v) is 1.42. The number of carbonyl (C=O) groups excluding carboxylic acids is 2. The normalized spacial score (nSPS) is 12.8. The molecule has 18 heavy (non-hydrogen) atoms. The smallest absolute Gasteiger partial charge is 0.242 e. The second kappa shape index (κ2) is 5.64. The second-order valence-electron chi connectivity index (χ2n) is 4.77. The number of nitrogens with one attached hydrogen (secondary N) is 1. The van der Waals surface area contributed by atoms with Crippen molar-refractivity contribution in [2.75, 3.05) is 0 Å². The van der Waals surface area contributed by atoms with Crippen molar-refractivity contribution in [2.24, 2.45) is 11.5 Å². The summed E-state index contributed by atoms with van der Waals surface area (Å²) in [4.78, 5) is 22.9. The molecule has 2 amide bonds. The summed E-state index contributed by atoms with van der Waals surface area (Å²) < 4.78 is 0. The van der Waals surface area contributed by atoms with Crippen molar-refractivity contribution < 1.29 is 9.59 Å². The second-order valence-corrected chi connectivity index (χ2v) is 4.77. The van der Waals surface area contributed by atoms with E-state index in [0.717, 1.165) is 5.56 Å². The van der Waals surface area contributed by atoms with Crippen LogP contribution in [-0.2, 0) is 16.0 Å². The number of rotatable bonds is 5. The molecular weight excluding hydrogens is 230 g/mol. The molecule has 0 aliphatic carbocycles. The Morgan fingerprint density at radius 3 is 2.33 bits per heavy atom. The molecule has 0 saturated heterocycles. The van der Waals surface area contributed by atoms with Crippen LogP contribution < -0.4 is 16.8 Å². The van der Waals surface area contributed by atoms with Crippen LogP contribution in [-0.4, -0.2) is 23.4 Å². The SMILES string of the molecule is CC(C)(NC(=O)[C@H](N)Cc1ccccc1)C(N)=O. The van der Waals surface area contributed by atoms with Crippen molar-refractivity contribution in [1.82, 2.24) is 5.32 Å². The molecule has 5 nitrogen and oxygen atoms in total. The first-order valence-corrected chi connectivity index (χ1v) is 5.74. The van der Waals surface area contributed by atoms with Gasteiger partial charge in [-0.25, -0.2) is 0 Å². The Balaban J connectivity index is 2.60. The molecule has 0 radical (unpaired) electrons. The number of hydrogen-bond donors (Lipinski definition) is 3. The molecule has 0 heterocycles. The molecule has 98 valence electrons. The molecule has 5 heteroatoms. The molecule has 0 bridgehead atoms. The average molecular weight is 249 g/mol. The van der Waals surface area contributed by atoms with E-state index >= 15 is 0 Å². The zero-order valence-corrected chi connectivity index (χ0v) is 10.6. The van der Waals surface area contributed by atoms with E-state index in [1.54, 1.807) is 13.8 Å². The average Bonchev–Trinajstić information content (AvgIpc) is 2.29. The Morgan fingerprint density at radius 1 is 1.28 bits per heavy atom. The molecule has 1 aromatic carbocycles.